The second kappa shape index (κ2) is 9.32. The molecule has 0 aliphatic rings. The molecular weight excluding hydrogens is 344 g/mol. The van der Waals surface area contributed by atoms with Crippen molar-refractivity contribution in [3.63, 3.8) is 0 Å². The Hall–Kier alpha value is -2.21. The predicted octanol–water partition coefficient (Wildman–Crippen LogP) is 0.181. The molecular formula is C17H22N2O5S. The van der Waals surface area contributed by atoms with Crippen LogP contribution >= 0.6 is 0 Å². The lowest BCUT2D eigenvalue weighted by Gasteiger charge is -2.31. The standard InChI is InChI=1S/C17H22N2O5S/c1-17(2,25(3)24)14(16(22)19-23)18-15(21)13-9-7-12(8-10-13)6-4-5-11-20/h7-10,14,20,23H,5,11H2,1-3H3,(H,18,21)(H,19,22)/t14-,25?/m1/s1. The maximum absolute atomic E-state index is 12.4. The highest BCUT2D eigenvalue weighted by atomic mass is 32.2. The Kier molecular flexibility index (Phi) is 7.77. The van der Waals surface area contributed by atoms with Gasteiger partial charge in [0, 0.05) is 34.6 Å². The lowest BCUT2D eigenvalue weighted by Crippen LogP contribution is -2.58. The number of nitrogens with one attached hydrogen (secondary N) is 2. The van der Waals surface area contributed by atoms with Crippen LogP contribution in [0.3, 0.4) is 0 Å². The van der Waals surface area contributed by atoms with Crippen LogP contribution in [-0.4, -0.2) is 50.0 Å². The topological polar surface area (TPSA) is 116 Å². The van der Waals surface area contributed by atoms with Gasteiger partial charge in [-0.05, 0) is 38.1 Å². The van der Waals surface area contributed by atoms with E-state index in [1.54, 1.807) is 38.1 Å². The van der Waals surface area contributed by atoms with Crippen LogP contribution in [0.2, 0.25) is 0 Å². The molecule has 7 nitrogen and oxygen atoms in total. The normalized spacial score (nSPS) is 13.2. The molecule has 1 aromatic carbocycles. The van der Waals surface area contributed by atoms with Gasteiger partial charge in [-0.3, -0.25) is 19.0 Å². The highest BCUT2D eigenvalue weighted by Gasteiger charge is 2.39. The van der Waals surface area contributed by atoms with Crippen LogP contribution < -0.4 is 10.8 Å². The van der Waals surface area contributed by atoms with E-state index in [4.69, 9.17) is 10.3 Å². The number of aliphatic hydroxyl groups excluding tert-OH is 1. The minimum Gasteiger partial charge on any atom is -0.395 e. The van der Waals surface area contributed by atoms with Crippen molar-refractivity contribution in [3.05, 3.63) is 35.4 Å². The molecule has 0 saturated carbocycles. The average Bonchev–Trinajstić information content (AvgIpc) is 2.59. The van der Waals surface area contributed by atoms with Crippen molar-refractivity contribution < 1.29 is 24.1 Å². The third-order valence-electron chi connectivity index (χ3n) is 3.70. The van der Waals surface area contributed by atoms with Gasteiger partial charge in [-0.1, -0.05) is 11.8 Å². The molecule has 0 aliphatic carbocycles. The molecule has 0 fully saturated rings. The smallest absolute Gasteiger partial charge is 0.267 e. The minimum atomic E-state index is -1.43. The largest absolute Gasteiger partial charge is 0.395 e. The van der Waals surface area contributed by atoms with E-state index in [1.807, 2.05) is 0 Å². The number of carbonyl (C=O) groups excluding carboxylic acids is 2. The fourth-order valence-electron chi connectivity index (χ4n) is 1.93. The Bertz CT molecular complexity index is 704. The van der Waals surface area contributed by atoms with E-state index in [9.17, 15) is 13.8 Å². The molecule has 0 spiro atoms. The summed E-state index contributed by atoms with van der Waals surface area (Å²) >= 11 is 0. The number of carbonyl (C=O) groups is 2. The number of amides is 2. The quantitative estimate of drug-likeness (QED) is 0.326. The van der Waals surface area contributed by atoms with Gasteiger partial charge in [-0.2, -0.15) is 0 Å². The molecule has 1 unspecified atom stereocenters. The summed E-state index contributed by atoms with van der Waals surface area (Å²) in [4.78, 5) is 24.3. The van der Waals surface area contributed by atoms with E-state index >= 15 is 0 Å². The fraction of sp³-hybridized carbons (Fsp3) is 0.412. The second-order valence-corrected chi connectivity index (χ2v) is 7.75. The maximum Gasteiger partial charge on any atom is 0.267 e. The molecule has 0 heterocycles. The first-order chi connectivity index (χ1) is 11.7. The zero-order valence-electron chi connectivity index (χ0n) is 14.3. The highest BCUT2D eigenvalue weighted by molar-refractivity contribution is 7.85. The molecule has 0 radical (unpaired) electrons. The maximum atomic E-state index is 12.4. The molecule has 2 amide bonds. The van der Waals surface area contributed by atoms with Crippen LogP contribution in [0.4, 0.5) is 0 Å². The van der Waals surface area contributed by atoms with Gasteiger partial charge in [-0.15, -0.1) is 0 Å². The van der Waals surface area contributed by atoms with E-state index < -0.39 is 33.4 Å². The van der Waals surface area contributed by atoms with Crippen LogP contribution in [0.1, 0.15) is 36.2 Å². The van der Waals surface area contributed by atoms with Crippen molar-refractivity contribution in [2.24, 2.45) is 0 Å². The summed E-state index contributed by atoms with van der Waals surface area (Å²) in [5.41, 5.74) is 2.47. The van der Waals surface area contributed by atoms with Crippen LogP contribution in [-0.2, 0) is 15.6 Å². The molecule has 25 heavy (non-hydrogen) atoms. The molecule has 0 saturated heterocycles. The minimum absolute atomic E-state index is 0.0175. The molecule has 136 valence electrons. The van der Waals surface area contributed by atoms with Crippen molar-refractivity contribution in [2.75, 3.05) is 12.9 Å². The zero-order chi connectivity index (χ0) is 19.0. The second-order valence-electron chi connectivity index (χ2n) is 5.79. The molecule has 0 aromatic heterocycles. The molecule has 1 rings (SSSR count). The SMILES string of the molecule is CS(=O)C(C)(C)[C@H](NC(=O)c1ccc(C#CCCO)cc1)C(=O)NO. The van der Waals surface area contributed by atoms with E-state index in [0.29, 0.717) is 17.5 Å². The zero-order valence-corrected chi connectivity index (χ0v) is 15.1. The van der Waals surface area contributed by atoms with Crippen LogP contribution in [0.5, 0.6) is 0 Å². The van der Waals surface area contributed by atoms with Crippen molar-refractivity contribution in [2.45, 2.75) is 31.1 Å². The van der Waals surface area contributed by atoms with E-state index in [-0.39, 0.29) is 6.61 Å². The number of rotatable bonds is 6. The van der Waals surface area contributed by atoms with Gasteiger partial charge in [0.15, 0.2) is 0 Å². The van der Waals surface area contributed by atoms with Crippen LogP contribution in [0, 0.1) is 11.8 Å². The molecule has 0 bridgehead atoms. The van der Waals surface area contributed by atoms with Crippen LogP contribution in [0.25, 0.3) is 0 Å². The Morgan fingerprint density at radius 3 is 2.36 bits per heavy atom. The summed E-state index contributed by atoms with van der Waals surface area (Å²) in [5.74, 6) is 4.23. The van der Waals surface area contributed by atoms with Gasteiger partial charge in [0.25, 0.3) is 11.8 Å². The fourth-order valence-corrected chi connectivity index (χ4v) is 2.42. The monoisotopic (exact) mass is 366 g/mol. The first-order valence-corrected chi connectivity index (χ1v) is 9.08. The van der Waals surface area contributed by atoms with Gasteiger partial charge in [0.1, 0.15) is 6.04 Å². The molecule has 0 aliphatic heterocycles. The van der Waals surface area contributed by atoms with Gasteiger partial charge >= 0.3 is 0 Å². The van der Waals surface area contributed by atoms with E-state index in [0.717, 1.165) is 0 Å². The third kappa shape index (κ3) is 5.67. The summed E-state index contributed by atoms with van der Waals surface area (Å²) < 4.78 is 10.8. The summed E-state index contributed by atoms with van der Waals surface area (Å²) in [6.45, 7) is 3.10. The number of aliphatic hydroxyl groups is 1. The number of hydroxylamine groups is 1. The van der Waals surface area contributed by atoms with Gasteiger partial charge in [-0.25, -0.2) is 5.48 Å². The van der Waals surface area contributed by atoms with Crippen molar-refractivity contribution in [1.29, 1.82) is 0 Å². The highest BCUT2D eigenvalue weighted by Crippen LogP contribution is 2.18. The summed E-state index contributed by atoms with van der Waals surface area (Å²) in [5, 5.41) is 20.1. The molecule has 4 N–H and O–H groups in total. The van der Waals surface area contributed by atoms with Crippen molar-refractivity contribution >= 4 is 22.6 Å². The van der Waals surface area contributed by atoms with E-state index in [1.165, 1.54) is 11.7 Å². The van der Waals surface area contributed by atoms with Gasteiger partial charge in [0.05, 0.1) is 11.4 Å². The first-order valence-electron chi connectivity index (χ1n) is 7.52. The lowest BCUT2D eigenvalue weighted by molar-refractivity contribution is -0.131. The van der Waals surface area contributed by atoms with Crippen molar-refractivity contribution in [3.8, 4) is 11.8 Å². The third-order valence-corrected chi connectivity index (χ3v) is 5.42. The number of benzene rings is 1. The summed E-state index contributed by atoms with van der Waals surface area (Å²) in [7, 11) is -1.43. The number of hydrogen-bond donors (Lipinski definition) is 4. The Labute approximate surface area is 149 Å². The Morgan fingerprint density at radius 1 is 1.28 bits per heavy atom. The molecule has 2 atom stereocenters. The average molecular weight is 366 g/mol. The predicted molar refractivity (Wildman–Crippen MR) is 94.4 cm³/mol. The summed E-state index contributed by atoms with van der Waals surface area (Å²) in [6, 6.07) is 5.19. The lowest BCUT2D eigenvalue weighted by atomic mass is 10.0. The van der Waals surface area contributed by atoms with Crippen molar-refractivity contribution in [1.82, 2.24) is 10.8 Å². The van der Waals surface area contributed by atoms with Crippen LogP contribution in [0.15, 0.2) is 24.3 Å². The van der Waals surface area contributed by atoms with Gasteiger partial charge < -0.3 is 10.4 Å². The molecule has 8 heteroatoms. The first kappa shape index (κ1) is 20.8. The summed E-state index contributed by atoms with van der Waals surface area (Å²) in [6.07, 6.45) is 1.78. The van der Waals surface area contributed by atoms with Gasteiger partial charge in [0.2, 0.25) is 0 Å². The molecule has 1 aromatic rings. The van der Waals surface area contributed by atoms with E-state index in [2.05, 4.69) is 17.2 Å². The Balaban J connectivity index is 2.96. The Morgan fingerprint density at radius 2 is 1.88 bits per heavy atom. The number of hydrogen-bond acceptors (Lipinski definition) is 5.